The van der Waals surface area contributed by atoms with Crippen LogP contribution in [0.5, 0.6) is 0 Å². The molecule has 1 unspecified atom stereocenters. The zero-order chi connectivity index (χ0) is 18.9. The molecule has 0 aliphatic carbocycles. The zero-order valence-electron chi connectivity index (χ0n) is 15.2. The molecule has 0 bridgehead atoms. The fourth-order valence-corrected chi connectivity index (χ4v) is 6.05. The number of halogens is 1. The van der Waals surface area contributed by atoms with E-state index in [2.05, 4.69) is 0 Å². The molecule has 144 valence electrons. The van der Waals surface area contributed by atoms with Crippen LogP contribution in [0.15, 0.2) is 23.1 Å². The Morgan fingerprint density at radius 1 is 1.23 bits per heavy atom. The van der Waals surface area contributed by atoms with Crippen molar-refractivity contribution in [1.29, 1.82) is 0 Å². The highest BCUT2D eigenvalue weighted by Crippen LogP contribution is 2.42. The fourth-order valence-electron chi connectivity index (χ4n) is 4.07. The van der Waals surface area contributed by atoms with E-state index in [4.69, 9.17) is 4.74 Å². The number of amides is 1. The molecule has 2 aliphatic rings. The summed E-state index contributed by atoms with van der Waals surface area (Å²) in [7, 11) is -2.53. The number of methoxy groups -OCH3 is 1. The first-order valence-electron chi connectivity index (χ1n) is 8.90. The van der Waals surface area contributed by atoms with Gasteiger partial charge in [-0.1, -0.05) is 6.07 Å². The standard InChI is InChI=1S/C18H25FN2O4S/c1-14-5-6-15(19)16(13-14)26(23,24)21-10-4-8-18(21)7-3-9-20(17(18)22)11-12-25-2/h5-6,13H,3-4,7-12H2,1-2H3. The summed E-state index contributed by atoms with van der Waals surface area (Å²) in [5, 5.41) is 0. The van der Waals surface area contributed by atoms with Crippen LogP contribution in [0.1, 0.15) is 31.2 Å². The predicted molar refractivity (Wildman–Crippen MR) is 94.7 cm³/mol. The number of carbonyl (C=O) groups is 1. The zero-order valence-corrected chi connectivity index (χ0v) is 16.0. The lowest BCUT2D eigenvalue weighted by Gasteiger charge is -2.43. The summed E-state index contributed by atoms with van der Waals surface area (Å²) in [5.74, 6) is -0.966. The maximum Gasteiger partial charge on any atom is 0.246 e. The van der Waals surface area contributed by atoms with Crippen LogP contribution < -0.4 is 0 Å². The molecule has 2 saturated heterocycles. The third-order valence-corrected chi connectivity index (χ3v) is 7.33. The quantitative estimate of drug-likeness (QED) is 0.778. The van der Waals surface area contributed by atoms with E-state index in [0.717, 1.165) is 6.42 Å². The molecular weight excluding hydrogens is 359 g/mol. The molecule has 1 spiro atoms. The predicted octanol–water partition coefficient (Wildman–Crippen LogP) is 1.93. The molecule has 0 saturated carbocycles. The molecule has 0 radical (unpaired) electrons. The molecule has 1 amide bonds. The maximum atomic E-state index is 14.3. The number of benzene rings is 1. The molecule has 2 heterocycles. The Bertz CT molecular complexity index is 798. The minimum absolute atomic E-state index is 0.185. The average Bonchev–Trinajstić information content (AvgIpc) is 3.04. The lowest BCUT2D eigenvalue weighted by Crippen LogP contribution is -2.61. The highest BCUT2D eigenvalue weighted by atomic mass is 32.2. The van der Waals surface area contributed by atoms with E-state index in [1.54, 1.807) is 18.9 Å². The normalized spacial score (nSPS) is 24.6. The summed E-state index contributed by atoms with van der Waals surface area (Å²) in [6.45, 7) is 3.39. The molecule has 1 aromatic rings. The van der Waals surface area contributed by atoms with Gasteiger partial charge in [-0.2, -0.15) is 4.31 Å². The second-order valence-electron chi connectivity index (χ2n) is 7.03. The smallest absolute Gasteiger partial charge is 0.246 e. The van der Waals surface area contributed by atoms with E-state index >= 15 is 0 Å². The van der Waals surface area contributed by atoms with Crippen molar-refractivity contribution in [3.8, 4) is 0 Å². The minimum atomic E-state index is -4.10. The SMILES string of the molecule is COCCN1CCCC2(CCCN2S(=O)(=O)c2cc(C)ccc2F)C1=O. The monoisotopic (exact) mass is 384 g/mol. The summed E-state index contributed by atoms with van der Waals surface area (Å²) in [6.07, 6.45) is 2.26. The lowest BCUT2D eigenvalue weighted by atomic mass is 9.86. The Kier molecular flexibility index (Phi) is 5.37. The van der Waals surface area contributed by atoms with E-state index in [-0.39, 0.29) is 17.3 Å². The van der Waals surface area contributed by atoms with Gasteiger partial charge >= 0.3 is 0 Å². The highest BCUT2D eigenvalue weighted by molar-refractivity contribution is 7.89. The molecule has 26 heavy (non-hydrogen) atoms. The highest BCUT2D eigenvalue weighted by Gasteiger charge is 2.55. The van der Waals surface area contributed by atoms with Gasteiger partial charge in [0.15, 0.2) is 0 Å². The van der Waals surface area contributed by atoms with Crippen LogP contribution in [0.2, 0.25) is 0 Å². The van der Waals surface area contributed by atoms with Crippen molar-refractivity contribution in [3.05, 3.63) is 29.6 Å². The molecule has 3 rings (SSSR count). The molecule has 2 aliphatic heterocycles. The van der Waals surface area contributed by atoms with Gasteiger partial charge in [0.25, 0.3) is 0 Å². The maximum absolute atomic E-state index is 14.3. The van der Waals surface area contributed by atoms with Crippen LogP contribution in [0, 0.1) is 12.7 Å². The Labute approximate surface area is 154 Å². The van der Waals surface area contributed by atoms with Crippen LogP contribution in [0.4, 0.5) is 4.39 Å². The van der Waals surface area contributed by atoms with E-state index in [1.165, 1.54) is 22.5 Å². The van der Waals surface area contributed by atoms with Crippen LogP contribution in [0.25, 0.3) is 0 Å². The largest absolute Gasteiger partial charge is 0.383 e. The Morgan fingerprint density at radius 3 is 2.62 bits per heavy atom. The summed E-state index contributed by atoms with van der Waals surface area (Å²) < 4.78 is 47.1. The lowest BCUT2D eigenvalue weighted by molar-refractivity contribution is -0.145. The van der Waals surface area contributed by atoms with Gasteiger partial charge in [-0.25, -0.2) is 12.8 Å². The number of aryl methyl sites for hydroxylation is 1. The van der Waals surface area contributed by atoms with Gasteiger partial charge in [0.2, 0.25) is 15.9 Å². The molecule has 2 fully saturated rings. The van der Waals surface area contributed by atoms with Crippen molar-refractivity contribution in [2.24, 2.45) is 0 Å². The average molecular weight is 384 g/mol. The molecule has 8 heteroatoms. The number of hydrogen-bond acceptors (Lipinski definition) is 4. The van der Waals surface area contributed by atoms with Crippen LogP contribution in [-0.4, -0.2) is 62.4 Å². The number of hydrogen-bond donors (Lipinski definition) is 0. The first-order chi connectivity index (χ1) is 12.3. The molecule has 0 N–H and O–H groups in total. The topological polar surface area (TPSA) is 66.9 Å². The molecule has 1 atom stereocenters. The van der Waals surface area contributed by atoms with Gasteiger partial charge in [-0.05, 0) is 50.3 Å². The van der Waals surface area contributed by atoms with Crippen molar-refractivity contribution in [1.82, 2.24) is 9.21 Å². The first kappa shape index (κ1) is 19.3. The van der Waals surface area contributed by atoms with Crippen molar-refractivity contribution < 1.29 is 22.3 Å². The summed E-state index contributed by atoms with van der Waals surface area (Å²) in [4.78, 5) is 14.5. The van der Waals surface area contributed by atoms with E-state index < -0.39 is 21.4 Å². The van der Waals surface area contributed by atoms with E-state index in [9.17, 15) is 17.6 Å². The molecule has 6 nitrogen and oxygen atoms in total. The molecule has 1 aromatic carbocycles. The van der Waals surface area contributed by atoms with E-state index in [1.807, 2.05) is 0 Å². The van der Waals surface area contributed by atoms with Gasteiger partial charge in [-0.15, -0.1) is 0 Å². The third-order valence-electron chi connectivity index (χ3n) is 5.35. The van der Waals surface area contributed by atoms with Crippen molar-refractivity contribution in [2.45, 2.75) is 43.0 Å². The Hall–Kier alpha value is -1.51. The van der Waals surface area contributed by atoms with Gasteiger partial charge in [0.05, 0.1) is 6.61 Å². The van der Waals surface area contributed by atoms with Crippen LogP contribution >= 0.6 is 0 Å². The van der Waals surface area contributed by atoms with Crippen molar-refractivity contribution in [2.75, 3.05) is 33.4 Å². The number of likely N-dealkylation sites (tertiary alicyclic amines) is 1. The van der Waals surface area contributed by atoms with Gasteiger partial charge in [0, 0.05) is 26.7 Å². The second-order valence-corrected chi connectivity index (χ2v) is 8.87. The third kappa shape index (κ3) is 3.14. The summed E-state index contributed by atoms with van der Waals surface area (Å²) in [6, 6.07) is 4.04. The van der Waals surface area contributed by atoms with Gasteiger partial charge in [-0.3, -0.25) is 4.79 Å². The Morgan fingerprint density at radius 2 is 1.92 bits per heavy atom. The Balaban J connectivity index is 1.99. The molecular formula is C18H25FN2O4S. The summed E-state index contributed by atoms with van der Waals surface area (Å²) >= 11 is 0. The number of piperidine rings is 1. The molecule has 0 aromatic heterocycles. The minimum Gasteiger partial charge on any atom is -0.383 e. The van der Waals surface area contributed by atoms with Crippen molar-refractivity contribution >= 4 is 15.9 Å². The van der Waals surface area contributed by atoms with E-state index in [0.29, 0.717) is 44.5 Å². The summed E-state index contributed by atoms with van der Waals surface area (Å²) in [5.41, 5.74) is -0.434. The van der Waals surface area contributed by atoms with Crippen LogP contribution in [-0.2, 0) is 19.6 Å². The number of rotatable bonds is 5. The number of sulfonamides is 1. The number of ether oxygens (including phenoxy) is 1. The fraction of sp³-hybridized carbons (Fsp3) is 0.611. The van der Waals surface area contributed by atoms with Gasteiger partial charge in [0.1, 0.15) is 16.3 Å². The number of carbonyl (C=O) groups excluding carboxylic acids is 1. The van der Waals surface area contributed by atoms with Crippen molar-refractivity contribution in [3.63, 3.8) is 0 Å². The second kappa shape index (κ2) is 7.25. The van der Waals surface area contributed by atoms with Gasteiger partial charge < -0.3 is 9.64 Å². The number of nitrogens with zero attached hydrogens (tertiary/aromatic N) is 2. The first-order valence-corrected chi connectivity index (χ1v) is 10.3. The van der Waals surface area contributed by atoms with Crippen LogP contribution in [0.3, 0.4) is 0 Å².